The molecule has 0 aliphatic heterocycles. The molecule has 118 valence electrons. The fourth-order valence-corrected chi connectivity index (χ4v) is 3.66. The summed E-state index contributed by atoms with van der Waals surface area (Å²) in [5.41, 5.74) is 1.79. The van der Waals surface area contributed by atoms with Gasteiger partial charge in [-0.2, -0.15) is 0 Å². The van der Waals surface area contributed by atoms with Gasteiger partial charge in [0.05, 0.1) is 0 Å². The molecular weight excluding hydrogens is 254 g/mol. The first kappa shape index (κ1) is 16.5. The second-order valence-corrected chi connectivity index (χ2v) is 8.08. The quantitative estimate of drug-likeness (QED) is 0.730. The Balaban J connectivity index is 2.04. The van der Waals surface area contributed by atoms with Crippen molar-refractivity contribution in [2.45, 2.75) is 78.3 Å². The average Bonchev–Trinajstić information content (AvgIpc) is 2.47. The van der Waals surface area contributed by atoms with Crippen LogP contribution in [0.1, 0.15) is 77.8 Å². The molecule has 1 aromatic rings. The number of benzene rings is 1. The van der Waals surface area contributed by atoms with E-state index < -0.39 is 0 Å². The van der Waals surface area contributed by atoms with Gasteiger partial charge in [-0.05, 0) is 43.1 Å². The third kappa shape index (κ3) is 5.47. The van der Waals surface area contributed by atoms with Crippen LogP contribution in [-0.4, -0.2) is 6.04 Å². The average molecular weight is 287 g/mol. The van der Waals surface area contributed by atoms with Crippen LogP contribution in [0.2, 0.25) is 0 Å². The van der Waals surface area contributed by atoms with Crippen molar-refractivity contribution in [1.82, 2.24) is 5.32 Å². The Hall–Kier alpha value is -0.820. The van der Waals surface area contributed by atoms with E-state index in [1.54, 1.807) is 0 Å². The van der Waals surface area contributed by atoms with Gasteiger partial charge in [-0.3, -0.25) is 0 Å². The fourth-order valence-electron chi connectivity index (χ4n) is 3.66. The Morgan fingerprint density at radius 3 is 2.24 bits per heavy atom. The zero-order valence-corrected chi connectivity index (χ0v) is 14.4. The van der Waals surface area contributed by atoms with Crippen LogP contribution in [-0.2, 0) is 0 Å². The zero-order valence-electron chi connectivity index (χ0n) is 14.4. The monoisotopic (exact) mass is 287 g/mol. The maximum atomic E-state index is 3.96. The van der Waals surface area contributed by atoms with Crippen molar-refractivity contribution in [3.8, 4) is 0 Å². The Kier molecular flexibility index (Phi) is 5.87. The smallest absolute Gasteiger partial charge is 0.0327 e. The van der Waals surface area contributed by atoms with Crippen molar-refractivity contribution in [2.24, 2.45) is 11.3 Å². The van der Waals surface area contributed by atoms with Gasteiger partial charge in [0, 0.05) is 12.1 Å². The fraction of sp³-hybridized carbons (Fsp3) is 0.700. The summed E-state index contributed by atoms with van der Waals surface area (Å²) in [5.74, 6) is 0.866. The molecule has 0 heterocycles. The predicted molar refractivity (Wildman–Crippen MR) is 92.4 cm³/mol. The van der Waals surface area contributed by atoms with E-state index in [1.807, 2.05) is 0 Å². The van der Waals surface area contributed by atoms with Gasteiger partial charge in [-0.25, -0.2) is 0 Å². The van der Waals surface area contributed by atoms with Crippen molar-refractivity contribution in [3.63, 3.8) is 0 Å². The van der Waals surface area contributed by atoms with Gasteiger partial charge in [-0.1, -0.05) is 70.4 Å². The summed E-state index contributed by atoms with van der Waals surface area (Å²) in [6.07, 6.45) is 8.29. The molecule has 2 atom stereocenters. The molecule has 2 rings (SSSR count). The van der Waals surface area contributed by atoms with Crippen LogP contribution in [0.15, 0.2) is 30.3 Å². The van der Waals surface area contributed by atoms with E-state index in [0.29, 0.717) is 17.5 Å². The number of hydrogen-bond donors (Lipinski definition) is 1. The third-order valence-corrected chi connectivity index (χ3v) is 4.84. The molecule has 1 heteroatoms. The van der Waals surface area contributed by atoms with Gasteiger partial charge in [-0.15, -0.1) is 0 Å². The molecule has 1 fully saturated rings. The largest absolute Gasteiger partial charge is 0.307 e. The van der Waals surface area contributed by atoms with E-state index in [1.165, 1.54) is 44.1 Å². The molecule has 0 radical (unpaired) electrons. The molecule has 1 aliphatic carbocycles. The maximum absolute atomic E-state index is 3.96. The molecule has 0 bridgehead atoms. The molecule has 1 saturated carbocycles. The molecule has 1 nitrogen and oxygen atoms in total. The molecule has 0 spiro atoms. The van der Waals surface area contributed by atoms with Crippen molar-refractivity contribution in [1.29, 1.82) is 0 Å². The van der Waals surface area contributed by atoms with Crippen molar-refractivity contribution in [2.75, 3.05) is 0 Å². The van der Waals surface area contributed by atoms with Gasteiger partial charge >= 0.3 is 0 Å². The van der Waals surface area contributed by atoms with Crippen LogP contribution in [0.5, 0.6) is 0 Å². The second-order valence-electron chi connectivity index (χ2n) is 8.08. The lowest BCUT2D eigenvalue weighted by Gasteiger charge is -2.34. The number of hydrogen-bond acceptors (Lipinski definition) is 1. The van der Waals surface area contributed by atoms with Crippen LogP contribution < -0.4 is 5.32 Å². The molecule has 1 aromatic carbocycles. The van der Waals surface area contributed by atoms with Crippen molar-refractivity contribution < 1.29 is 0 Å². The summed E-state index contributed by atoms with van der Waals surface area (Å²) < 4.78 is 0. The SMILES string of the molecule is C[C@@H](NC(CC(C)(C)C)c1ccccc1)C1CCCCC1. The topological polar surface area (TPSA) is 12.0 Å². The number of nitrogens with one attached hydrogen (secondary N) is 1. The maximum Gasteiger partial charge on any atom is 0.0327 e. The van der Waals surface area contributed by atoms with Gasteiger partial charge < -0.3 is 5.32 Å². The highest BCUT2D eigenvalue weighted by atomic mass is 15.0. The number of rotatable bonds is 5. The molecule has 0 aromatic heterocycles. The van der Waals surface area contributed by atoms with Crippen LogP contribution in [0, 0.1) is 11.3 Å². The second kappa shape index (κ2) is 7.45. The molecule has 0 saturated heterocycles. The highest BCUT2D eigenvalue weighted by Crippen LogP contribution is 2.32. The molecule has 0 amide bonds. The van der Waals surface area contributed by atoms with Crippen molar-refractivity contribution in [3.05, 3.63) is 35.9 Å². The molecule has 21 heavy (non-hydrogen) atoms. The minimum atomic E-state index is 0.347. The molecule has 1 unspecified atom stereocenters. The first-order chi connectivity index (χ1) is 9.96. The zero-order chi connectivity index (χ0) is 15.3. The lowest BCUT2D eigenvalue weighted by molar-refractivity contribution is 0.234. The summed E-state index contributed by atoms with van der Waals surface area (Å²) in [4.78, 5) is 0. The lowest BCUT2D eigenvalue weighted by atomic mass is 9.82. The van der Waals surface area contributed by atoms with Gasteiger partial charge in [0.25, 0.3) is 0 Å². The summed E-state index contributed by atoms with van der Waals surface area (Å²) in [6.45, 7) is 9.43. The van der Waals surface area contributed by atoms with Crippen LogP contribution >= 0.6 is 0 Å². The van der Waals surface area contributed by atoms with Gasteiger partial charge in [0.15, 0.2) is 0 Å². The van der Waals surface area contributed by atoms with E-state index >= 15 is 0 Å². The first-order valence-electron chi connectivity index (χ1n) is 8.77. The first-order valence-corrected chi connectivity index (χ1v) is 8.77. The minimum Gasteiger partial charge on any atom is -0.307 e. The highest BCUT2D eigenvalue weighted by Gasteiger charge is 2.25. The van der Waals surface area contributed by atoms with Crippen LogP contribution in [0.4, 0.5) is 0 Å². The molecule has 1 N–H and O–H groups in total. The van der Waals surface area contributed by atoms with E-state index in [0.717, 1.165) is 5.92 Å². The Morgan fingerprint density at radius 2 is 1.67 bits per heavy atom. The molecule has 1 aliphatic rings. The van der Waals surface area contributed by atoms with E-state index in [9.17, 15) is 0 Å². The summed E-state index contributed by atoms with van der Waals surface area (Å²) in [6, 6.07) is 12.1. The Morgan fingerprint density at radius 1 is 1.05 bits per heavy atom. The summed E-state index contributed by atoms with van der Waals surface area (Å²) in [7, 11) is 0. The standard InChI is InChI=1S/C20H33N/c1-16(17-11-7-5-8-12-17)21-19(15-20(2,3)4)18-13-9-6-10-14-18/h6,9-10,13-14,16-17,19,21H,5,7-8,11-12,15H2,1-4H3/t16-,19?/m1/s1. The Bertz CT molecular complexity index is 398. The summed E-state index contributed by atoms with van der Waals surface area (Å²) >= 11 is 0. The predicted octanol–water partition coefficient (Wildman–Crippen LogP) is 5.72. The van der Waals surface area contributed by atoms with E-state index in [4.69, 9.17) is 0 Å². The van der Waals surface area contributed by atoms with E-state index in [2.05, 4.69) is 63.3 Å². The van der Waals surface area contributed by atoms with E-state index in [-0.39, 0.29) is 0 Å². The van der Waals surface area contributed by atoms with Gasteiger partial charge in [0.1, 0.15) is 0 Å². The Labute approximate surface area is 131 Å². The normalized spacial score (nSPS) is 20.2. The lowest BCUT2D eigenvalue weighted by Crippen LogP contribution is -2.38. The minimum absolute atomic E-state index is 0.347. The van der Waals surface area contributed by atoms with Crippen LogP contribution in [0.3, 0.4) is 0 Å². The highest BCUT2D eigenvalue weighted by molar-refractivity contribution is 5.19. The third-order valence-electron chi connectivity index (χ3n) is 4.84. The summed E-state index contributed by atoms with van der Waals surface area (Å²) in [5, 5.41) is 3.96. The molecular formula is C20H33N. The van der Waals surface area contributed by atoms with Gasteiger partial charge in [0.2, 0.25) is 0 Å². The van der Waals surface area contributed by atoms with Crippen molar-refractivity contribution >= 4 is 0 Å². The van der Waals surface area contributed by atoms with Crippen LogP contribution in [0.25, 0.3) is 0 Å².